The van der Waals surface area contributed by atoms with Gasteiger partial charge in [0.15, 0.2) is 5.17 Å². The second-order valence-electron chi connectivity index (χ2n) is 6.22. The average Bonchev–Trinajstić information content (AvgIpc) is 2.68. The Labute approximate surface area is 156 Å². The highest BCUT2D eigenvalue weighted by atomic mass is 32.2. The van der Waals surface area contributed by atoms with E-state index in [0.29, 0.717) is 0 Å². The van der Waals surface area contributed by atoms with Crippen LogP contribution in [0.4, 0.5) is 17.1 Å². The van der Waals surface area contributed by atoms with Crippen LogP contribution in [0.1, 0.15) is 6.92 Å². The molecule has 1 aliphatic heterocycles. The average molecular weight is 361 g/mol. The summed E-state index contributed by atoms with van der Waals surface area (Å²) in [5.41, 5.74) is 2.86. The zero-order chi connectivity index (χ0) is 18.1. The van der Waals surface area contributed by atoms with Crippen molar-refractivity contribution in [3.05, 3.63) is 66.7 Å². The number of hydrogen-bond donors (Lipinski definition) is 1. The first-order valence-electron chi connectivity index (χ1n) is 8.50. The number of nitrogens with one attached hydrogen (secondary N) is 1. The lowest BCUT2D eigenvalue weighted by Gasteiger charge is -2.23. The molecule has 0 spiro atoms. The van der Waals surface area contributed by atoms with Crippen LogP contribution in [0.15, 0.2) is 71.7 Å². The minimum Gasteiger partial charge on any atom is -0.334 e. The second kappa shape index (κ2) is 6.84. The molecule has 1 N–H and O–H groups in total. The highest BCUT2D eigenvalue weighted by Gasteiger charge is 2.23. The van der Waals surface area contributed by atoms with Gasteiger partial charge < -0.3 is 10.2 Å². The highest BCUT2D eigenvalue weighted by Crippen LogP contribution is 2.37. The lowest BCUT2D eigenvalue weighted by molar-refractivity contribution is -0.117. The van der Waals surface area contributed by atoms with Crippen molar-refractivity contribution in [3.8, 4) is 0 Å². The Bertz CT molecular complexity index is 995. The van der Waals surface area contributed by atoms with E-state index in [9.17, 15) is 4.79 Å². The molecule has 3 aromatic rings. The number of benzene rings is 3. The third-order valence-electron chi connectivity index (χ3n) is 4.46. The van der Waals surface area contributed by atoms with Gasteiger partial charge in [-0.25, -0.2) is 4.99 Å². The fourth-order valence-electron chi connectivity index (χ4n) is 3.10. The third-order valence-corrected chi connectivity index (χ3v) is 5.43. The van der Waals surface area contributed by atoms with E-state index in [1.807, 2.05) is 61.5 Å². The van der Waals surface area contributed by atoms with Crippen LogP contribution in [0.5, 0.6) is 0 Å². The molecule has 0 bridgehead atoms. The Morgan fingerprint density at radius 3 is 2.54 bits per heavy atom. The first kappa shape index (κ1) is 16.7. The Hall–Kier alpha value is -2.79. The molecule has 4 nitrogen and oxygen atoms in total. The van der Waals surface area contributed by atoms with E-state index in [4.69, 9.17) is 4.99 Å². The Kier molecular flexibility index (Phi) is 4.39. The number of rotatable bonds is 3. The number of hydrogen-bond acceptors (Lipinski definition) is 4. The van der Waals surface area contributed by atoms with E-state index in [1.54, 1.807) is 11.9 Å². The number of amidine groups is 1. The van der Waals surface area contributed by atoms with Gasteiger partial charge in [-0.15, -0.1) is 0 Å². The summed E-state index contributed by atoms with van der Waals surface area (Å²) in [5.74, 6) is 0.0442. The summed E-state index contributed by atoms with van der Waals surface area (Å²) < 4.78 is 0. The Morgan fingerprint density at radius 2 is 1.77 bits per heavy atom. The number of carbonyl (C=O) groups is 1. The fraction of sp³-hybridized carbons (Fsp3) is 0.143. The van der Waals surface area contributed by atoms with E-state index in [0.717, 1.165) is 33.0 Å². The van der Waals surface area contributed by atoms with E-state index in [-0.39, 0.29) is 11.2 Å². The summed E-state index contributed by atoms with van der Waals surface area (Å²) in [6.45, 7) is 1.91. The number of carbonyl (C=O) groups excluding carboxylic acids is 1. The first-order chi connectivity index (χ1) is 12.6. The normalized spacial score (nSPS) is 13.7. The van der Waals surface area contributed by atoms with Crippen LogP contribution in [-0.2, 0) is 4.79 Å². The zero-order valence-corrected chi connectivity index (χ0v) is 15.5. The van der Waals surface area contributed by atoms with Gasteiger partial charge in [-0.2, -0.15) is 0 Å². The molecule has 0 aliphatic carbocycles. The van der Waals surface area contributed by atoms with E-state index in [2.05, 4.69) is 17.4 Å². The largest absolute Gasteiger partial charge is 0.334 e. The van der Waals surface area contributed by atoms with Gasteiger partial charge in [0.25, 0.3) is 0 Å². The van der Waals surface area contributed by atoms with Crippen molar-refractivity contribution in [2.45, 2.75) is 12.2 Å². The van der Waals surface area contributed by atoms with Crippen LogP contribution >= 0.6 is 11.8 Å². The van der Waals surface area contributed by atoms with Gasteiger partial charge in [-0.1, -0.05) is 54.2 Å². The summed E-state index contributed by atoms with van der Waals surface area (Å²) in [6, 6.07) is 21.9. The monoisotopic (exact) mass is 361 g/mol. The summed E-state index contributed by atoms with van der Waals surface area (Å²) in [4.78, 5) is 19.2. The van der Waals surface area contributed by atoms with Crippen LogP contribution in [-0.4, -0.2) is 23.4 Å². The Balaban J connectivity index is 1.55. The molecule has 4 rings (SSSR count). The zero-order valence-electron chi connectivity index (χ0n) is 14.6. The molecule has 0 aromatic heterocycles. The molecule has 1 aliphatic rings. The minimum absolute atomic E-state index is 0.0442. The van der Waals surface area contributed by atoms with Crippen LogP contribution < -0.4 is 10.2 Å². The quantitative estimate of drug-likeness (QED) is 0.711. The number of thioether (sulfide) groups is 1. The number of nitrogens with zero attached hydrogens (tertiary/aromatic N) is 2. The molecule has 1 amide bonds. The number of amides is 1. The molecule has 0 saturated carbocycles. The SMILES string of the molecule is C[C@@H](SC1=Nc2cccc3cccc(c23)N1)C(=O)N(C)c1ccccc1. The molecular formula is C21H19N3OS. The summed E-state index contributed by atoms with van der Waals surface area (Å²) >= 11 is 1.45. The first-order valence-corrected chi connectivity index (χ1v) is 9.38. The van der Waals surface area contributed by atoms with Gasteiger partial charge in [-0.05, 0) is 36.6 Å². The predicted molar refractivity (Wildman–Crippen MR) is 112 cm³/mol. The van der Waals surface area contributed by atoms with Gasteiger partial charge >= 0.3 is 0 Å². The van der Waals surface area contributed by atoms with Gasteiger partial charge in [0, 0.05) is 18.1 Å². The predicted octanol–water partition coefficient (Wildman–Crippen LogP) is 5.04. The van der Waals surface area contributed by atoms with Crippen LogP contribution in [0.3, 0.4) is 0 Å². The molecular weight excluding hydrogens is 342 g/mol. The molecule has 26 heavy (non-hydrogen) atoms. The van der Waals surface area contributed by atoms with E-state index in [1.165, 1.54) is 11.8 Å². The van der Waals surface area contributed by atoms with Crippen molar-refractivity contribution in [3.63, 3.8) is 0 Å². The van der Waals surface area contributed by atoms with Crippen molar-refractivity contribution in [1.82, 2.24) is 0 Å². The number of aliphatic imine (C=N–C) groups is 1. The Morgan fingerprint density at radius 1 is 1.04 bits per heavy atom. The van der Waals surface area contributed by atoms with Gasteiger partial charge in [0.1, 0.15) is 0 Å². The van der Waals surface area contributed by atoms with E-state index < -0.39 is 0 Å². The molecule has 3 aromatic carbocycles. The fourth-order valence-corrected chi connectivity index (χ4v) is 4.01. The van der Waals surface area contributed by atoms with Crippen molar-refractivity contribution >= 4 is 50.7 Å². The minimum atomic E-state index is -0.254. The molecule has 0 unspecified atom stereocenters. The molecule has 130 valence electrons. The molecule has 0 radical (unpaired) electrons. The van der Waals surface area contributed by atoms with Crippen LogP contribution in [0.2, 0.25) is 0 Å². The maximum absolute atomic E-state index is 12.8. The second-order valence-corrected chi connectivity index (χ2v) is 7.55. The van der Waals surface area contributed by atoms with Crippen molar-refractivity contribution < 1.29 is 4.79 Å². The number of anilines is 2. The maximum Gasteiger partial charge on any atom is 0.240 e. The molecule has 0 fully saturated rings. The summed E-state index contributed by atoms with van der Waals surface area (Å²) in [6.07, 6.45) is 0. The lowest BCUT2D eigenvalue weighted by Crippen LogP contribution is -2.34. The van der Waals surface area contributed by atoms with Gasteiger partial charge in [-0.3, -0.25) is 4.79 Å². The molecule has 5 heteroatoms. The van der Waals surface area contributed by atoms with Crippen LogP contribution in [0, 0.1) is 0 Å². The van der Waals surface area contributed by atoms with Crippen LogP contribution in [0.25, 0.3) is 10.8 Å². The third kappa shape index (κ3) is 3.06. The van der Waals surface area contributed by atoms with E-state index >= 15 is 0 Å². The van der Waals surface area contributed by atoms with Crippen molar-refractivity contribution in [1.29, 1.82) is 0 Å². The van der Waals surface area contributed by atoms with Gasteiger partial charge in [0.2, 0.25) is 5.91 Å². The summed E-state index contributed by atoms with van der Waals surface area (Å²) in [5, 5.41) is 6.15. The molecule has 1 heterocycles. The van der Waals surface area contributed by atoms with Crippen molar-refractivity contribution in [2.24, 2.45) is 4.99 Å². The van der Waals surface area contributed by atoms with Crippen molar-refractivity contribution in [2.75, 3.05) is 17.3 Å². The maximum atomic E-state index is 12.8. The lowest BCUT2D eigenvalue weighted by atomic mass is 10.1. The number of para-hydroxylation sites is 1. The molecule has 0 saturated heterocycles. The standard InChI is InChI=1S/C21H19N3OS/c1-14(20(25)24(2)16-10-4-3-5-11-16)26-21-22-17-12-6-8-15-9-7-13-18(23-21)19(15)17/h3-14H,1-2H3,(H,22,23)/t14-/m1/s1. The smallest absolute Gasteiger partial charge is 0.240 e. The van der Waals surface area contributed by atoms with Gasteiger partial charge in [0.05, 0.1) is 16.6 Å². The topological polar surface area (TPSA) is 44.7 Å². The summed E-state index contributed by atoms with van der Waals surface area (Å²) in [7, 11) is 1.81. The molecule has 1 atom stereocenters. The highest BCUT2D eigenvalue weighted by molar-refractivity contribution is 8.15.